The molecule has 0 spiro atoms. The van der Waals surface area contributed by atoms with Crippen molar-refractivity contribution in [2.45, 2.75) is 109 Å². The van der Waals surface area contributed by atoms with Crippen molar-refractivity contribution in [3.63, 3.8) is 0 Å². The van der Waals surface area contributed by atoms with Crippen molar-refractivity contribution in [1.82, 2.24) is 9.80 Å². The minimum Gasteiger partial charge on any atom is -0.449 e. The molecule has 0 unspecified atom stereocenters. The Morgan fingerprint density at radius 2 is 1.58 bits per heavy atom. The molecule has 0 saturated carbocycles. The number of unbranched alkanes of at least 4 members (excludes halogenated alkanes) is 9. The summed E-state index contributed by atoms with van der Waals surface area (Å²) in [5, 5.41) is 0. The molecule has 0 bridgehead atoms. The van der Waals surface area contributed by atoms with Crippen molar-refractivity contribution in [3.05, 3.63) is 46.8 Å². The van der Waals surface area contributed by atoms with Gasteiger partial charge in [-0.1, -0.05) is 69.8 Å². The molecule has 3 aliphatic heterocycles. The van der Waals surface area contributed by atoms with Crippen LogP contribution < -0.4 is 11.5 Å². The van der Waals surface area contributed by atoms with Crippen LogP contribution in [0.5, 0.6) is 0 Å². The summed E-state index contributed by atoms with van der Waals surface area (Å²) in [6.45, 7) is 4.02. The molecule has 2 fully saturated rings. The lowest BCUT2D eigenvalue weighted by molar-refractivity contribution is -0.144. The van der Waals surface area contributed by atoms with Gasteiger partial charge >= 0.3 is 12.2 Å². The molecule has 4 rings (SSSR count). The molecule has 2 amide bonds. The van der Waals surface area contributed by atoms with Crippen LogP contribution in [0.25, 0.3) is 0 Å². The Balaban J connectivity index is 1.19. The number of rotatable bonds is 18. The first-order valence-electron chi connectivity index (χ1n) is 16.5. The molecular formula is C34H50N4O7. The zero-order valence-corrected chi connectivity index (χ0v) is 27.1. The van der Waals surface area contributed by atoms with E-state index in [1.165, 1.54) is 52.6 Å². The molecule has 4 N–H and O–H groups in total. The summed E-state index contributed by atoms with van der Waals surface area (Å²) >= 11 is 0. The molecule has 0 aromatic heterocycles. The Morgan fingerprint density at radius 1 is 0.933 bits per heavy atom. The second-order valence-electron chi connectivity index (χ2n) is 12.3. The maximum Gasteiger partial charge on any atom is 0.410 e. The van der Waals surface area contributed by atoms with Gasteiger partial charge in [0.25, 0.3) is 0 Å². The molecule has 1 aliphatic carbocycles. The van der Waals surface area contributed by atoms with Crippen LogP contribution in [0.4, 0.5) is 9.59 Å². The van der Waals surface area contributed by atoms with Gasteiger partial charge in [-0.05, 0) is 45.4 Å². The molecule has 3 heterocycles. The van der Waals surface area contributed by atoms with Crippen LogP contribution in [0.15, 0.2) is 46.8 Å². The molecule has 4 atom stereocenters. The van der Waals surface area contributed by atoms with Gasteiger partial charge in [0.1, 0.15) is 12.6 Å². The molecular weight excluding hydrogens is 576 g/mol. The number of hydrogen-bond donors (Lipinski definition) is 2. The molecule has 11 nitrogen and oxygen atoms in total. The molecule has 4 aliphatic rings. The average Bonchev–Trinajstić information content (AvgIpc) is 3.54. The van der Waals surface area contributed by atoms with Crippen LogP contribution in [-0.2, 0) is 23.8 Å². The zero-order valence-electron chi connectivity index (χ0n) is 27.1. The van der Waals surface area contributed by atoms with Gasteiger partial charge in [0.15, 0.2) is 5.72 Å². The van der Waals surface area contributed by atoms with Crippen LogP contribution in [-0.4, -0.2) is 78.2 Å². The lowest BCUT2D eigenvalue weighted by atomic mass is 9.82. The number of allylic oxidation sites excluding steroid dienone is 6. The fourth-order valence-corrected chi connectivity index (χ4v) is 7.05. The molecule has 0 aromatic rings. The maximum absolute atomic E-state index is 13.3. The number of amides is 2. The maximum atomic E-state index is 13.3. The number of Topliss-reactive ketones (excluding diaryl/α,β-unsaturated/α-hetero) is 2. The second kappa shape index (κ2) is 15.6. The quantitative estimate of drug-likeness (QED) is 0.0924. The van der Waals surface area contributed by atoms with E-state index in [2.05, 4.69) is 31.2 Å². The topological polar surface area (TPSA) is 154 Å². The highest BCUT2D eigenvalue weighted by Crippen LogP contribution is 2.59. The first kappa shape index (κ1) is 34.3. The highest BCUT2D eigenvalue weighted by molar-refractivity contribution is 6.25. The van der Waals surface area contributed by atoms with Crippen LogP contribution >= 0.6 is 0 Å². The predicted octanol–water partition coefficient (Wildman–Crippen LogP) is 5.01. The van der Waals surface area contributed by atoms with Gasteiger partial charge in [-0.25, -0.2) is 9.59 Å². The SMILES string of the molecule is CCCCC/C=C\C/C=C\CCCCCCCCOC(=O)N1[C@H]2[C@@H]1CN1C3=C(C(=O)C(N)=C(C)C3=O)[C@@H](COC(N)=O)[C@@]21OC. The number of fused-ring (bicyclic) bond motifs is 4. The average molecular weight is 627 g/mol. The second-order valence-corrected chi connectivity index (χ2v) is 12.3. The van der Waals surface area contributed by atoms with Crippen molar-refractivity contribution in [2.24, 2.45) is 17.4 Å². The minimum atomic E-state index is -1.29. The highest BCUT2D eigenvalue weighted by atomic mass is 16.6. The summed E-state index contributed by atoms with van der Waals surface area (Å²) < 4.78 is 16.8. The number of ether oxygens (including phenoxy) is 3. The van der Waals surface area contributed by atoms with E-state index in [9.17, 15) is 19.2 Å². The van der Waals surface area contributed by atoms with E-state index in [-0.39, 0.29) is 47.5 Å². The fourth-order valence-electron chi connectivity index (χ4n) is 7.05. The molecule has 11 heteroatoms. The number of nitrogens with zero attached hydrogens (tertiary/aromatic N) is 2. The van der Waals surface area contributed by atoms with Crippen molar-refractivity contribution < 1.29 is 33.4 Å². The zero-order chi connectivity index (χ0) is 32.6. The summed E-state index contributed by atoms with van der Waals surface area (Å²) in [4.78, 5) is 54.5. The molecule has 0 radical (unpaired) electrons. The Labute approximate surface area is 266 Å². The van der Waals surface area contributed by atoms with Crippen LogP contribution in [0, 0.1) is 5.92 Å². The number of primary amides is 1. The van der Waals surface area contributed by atoms with Gasteiger partial charge in [0, 0.05) is 24.8 Å². The van der Waals surface area contributed by atoms with Crippen LogP contribution in [0.1, 0.15) is 90.9 Å². The van der Waals surface area contributed by atoms with Gasteiger partial charge in [-0.3, -0.25) is 14.5 Å². The Kier molecular flexibility index (Phi) is 11.9. The Morgan fingerprint density at radius 3 is 2.22 bits per heavy atom. The van der Waals surface area contributed by atoms with Gasteiger partial charge in [-0.15, -0.1) is 0 Å². The number of methoxy groups -OCH3 is 1. The molecule has 45 heavy (non-hydrogen) atoms. The van der Waals surface area contributed by atoms with E-state index in [0.717, 1.165) is 38.5 Å². The fraction of sp³-hybridized carbons (Fsp3) is 0.647. The highest BCUT2D eigenvalue weighted by Gasteiger charge is 2.78. The standard InChI is InChI=1S/C34H50N4O7/c1-4-5-6-7-8-9-10-11-12-13-14-15-16-17-18-19-20-44-33(42)38-25-21-37-28-26(30(40)27(35)23(2)29(28)39)24(22-45-32(36)41)34(37,43-3)31(25)38/h8-9,11-12,24-25,31H,4-7,10,13-22,35H2,1-3H3,(H2,36,41)/b9-8-,12-11-/t24-,25+,31+,34-,38?/m1/s1. The Hall–Kier alpha value is -3.60. The molecule has 0 aromatic carbocycles. The molecule has 2 saturated heterocycles. The van der Waals surface area contributed by atoms with Crippen LogP contribution in [0.2, 0.25) is 0 Å². The number of ketones is 2. The predicted molar refractivity (Wildman–Crippen MR) is 170 cm³/mol. The summed E-state index contributed by atoms with van der Waals surface area (Å²) in [6, 6.07) is -0.773. The van der Waals surface area contributed by atoms with Gasteiger partial charge < -0.3 is 30.6 Å². The van der Waals surface area contributed by atoms with Gasteiger partial charge in [0.2, 0.25) is 11.6 Å². The summed E-state index contributed by atoms with van der Waals surface area (Å²) in [7, 11) is 1.45. The van der Waals surface area contributed by atoms with Crippen molar-refractivity contribution in [2.75, 3.05) is 26.9 Å². The largest absolute Gasteiger partial charge is 0.449 e. The van der Waals surface area contributed by atoms with E-state index in [1.807, 2.05) is 0 Å². The summed E-state index contributed by atoms with van der Waals surface area (Å²) in [5.74, 6) is -1.75. The number of nitrogens with two attached hydrogens (primary N) is 2. The summed E-state index contributed by atoms with van der Waals surface area (Å²) in [6.07, 6.45) is 21.1. The van der Waals surface area contributed by atoms with E-state index in [4.69, 9.17) is 25.7 Å². The third-order valence-electron chi connectivity index (χ3n) is 9.47. The van der Waals surface area contributed by atoms with Crippen molar-refractivity contribution in [1.29, 1.82) is 0 Å². The number of hydrogen-bond acceptors (Lipinski definition) is 9. The smallest absolute Gasteiger partial charge is 0.410 e. The van der Waals surface area contributed by atoms with Gasteiger partial charge in [0.05, 0.1) is 30.0 Å². The number of piperazine rings is 1. The number of carbonyl (C=O) groups excluding carboxylic acids is 4. The van der Waals surface area contributed by atoms with E-state index in [0.29, 0.717) is 6.61 Å². The normalized spacial score (nSPS) is 25.4. The molecule has 248 valence electrons. The van der Waals surface area contributed by atoms with E-state index >= 15 is 0 Å². The van der Waals surface area contributed by atoms with Gasteiger partial charge in [-0.2, -0.15) is 0 Å². The van der Waals surface area contributed by atoms with Crippen molar-refractivity contribution >= 4 is 23.8 Å². The third kappa shape index (κ3) is 7.13. The minimum absolute atomic E-state index is 0.131. The first-order chi connectivity index (χ1) is 21.7. The van der Waals surface area contributed by atoms with Crippen molar-refractivity contribution in [3.8, 4) is 0 Å². The number of carbonyl (C=O) groups is 4. The third-order valence-corrected chi connectivity index (χ3v) is 9.47. The Bertz CT molecular complexity index is 1250. The lowest BCUT2D eigenvalue weighted by Crippen LogP contribution is -2.56. The van der Waals surface area contributed by atoms with Crippen LogP contribution in [0.3, 0.4) is 0 Å². The monoisotopic (exact) mass is 626 g/mol. The lowest BCUT2D eigenvalue weighted by Gasteiger charge is -2.40. The summed E-state index contributed by atoms with van der Waals surface area (Å²) in [5.41, 5.74) is 10.3. The van der Waals surface area contributed by atoms with E-state index < -0.39 is 35.7 Å². The van der Waals surface area contributed by atoms with E-state index in [1.54, 1.807) is 9.80 Å². The first-order valence-corrected chi connectivity index (χ1v) is 16.5.